The smallest absolute Gasteiger partial charge is 0.286 e. The van der Waals surface area contributed by atoms with Crippen molar-refractivity contribution in [1.82, 2.24) is 9.85 Å². The Morgan fingerprint density at radius 1 is 1.83 bits per heavy atom. The first-order valence-corrected chi connectivity index (χ1v) is 4.00. The molecule has 0 aliphatic heterocycles. The SMILES string of the molecule is CONC(=O)N(C)c1ccns1. The van der Waals surface area contributed by atoms with Gasteiger partial charge in [-0.2, -0.15) is 4.37 Å². The molecule has 0 saturated heterocycles. The molecule has 5 nitrogen and oxygen atoms in total. The first-order valence-electron chi connectivity index (χ1n) is 3.23. The number of carbonyl (C=O) groups is 1. The Hall–Kier alpha value is -1.14. The fraction of sp³-hybridized carbons (Fsp3) is 0.333. The van der Waals surface area contributed by atoms with Gasteiger partial charge in [0, 0.05) is 13.2 Å². The van der Waals surface area contributed by atoms with Gasteiger partial charge in [0.05, 0.1) is 7.11 Å². The summed E-state index contributed by atoms with van der Waals surface area (Å²) in [5, 5.41) is 0.768. The average molecular weight is 187 g/mol. The molecule has 0 saturated carbocycles. The topological polar surface area (TPSA) is 54.5 Å². The number of urea groups is 1. The van der Waals surface area contributed by atoms with Crippen molar-refractivity contribution < 1.29 is 9.63 Å². The van der Waals surface area contributed by atoms with Gasteiger partial charge in [-0.3, -0.25) is 9.74 Å². The summed E-state index contributed by atoms with van der Waals surface area (Å²) in [6, 6.07) is 1.43. The highest BCUT2D eigenvalue weighted by Gasteiger charge is 2.10. The molecule has 66 valence electrons. The molecule has 0 radical (unpaired) electrons. The normalized spacial score (nSPS) is 9.50. The molecule has 0 aromatic carbocycles. The first kappa shape index (κ1) is 8.95. The van der Waals surface area contributed by atoms with E-state index in [-0.39, 0.29) is 6.03 Å². The van der Waals surface area contributed by atoms with Crippen molar-refractivity contribution in [2.24, 2.45) is 0 Å². The number of aromatic nitrogens is 1. The standard InChI is InChI=1S/C6H9N3O2S/c1-9(6(10)8-11-2)5-3-4-7-12-5/h3-4H,1-2H3,(H,8,10). The molecule has 0 spiro atoms. The van der Waals surface area contributed by atoms with E-state index in [0.29, 0.717) is 0 Å². The Labute approximate surface area is 74.1 Å². The van der Waals surface area contributed by atoms with Crippen molar-refractivity contribution in [3.05, 3.63) is 12.3 Å². The van der Waals surface area contributed by atoms with Crippen molar-refractivity contribution >= 4 is 22.6 Å². The highest BCUT2D eigenvalue weighted by molar-refractivity contribution is 7.10. The van der Waals surface area contributed by atoms with Crippen molar-refractivity contribution in [3.8, 4) is 0 Å². The second-order valence-electron chi connectivity index (χ2n) is 2.02. The highest BCUT2D eigenvalue weighted by atomic mass is 32.1. The van der Waals surface area contributed by atoms with Gasteiger partial charge < -0.3 is 0 Å². The van der Waals surface area contributed by atoms with Crippen LogP contribution in [0.15, 0.2) is 12.3 Å². The third kappa shape index (κ3) is 1.93. The maximum absolute atomic E-state index is 11.1. The van der Waals surface area contributed by atoms with Crippen LogP contribution in [0.3, 0.4) is 0 Å². The minimum Gasteiger partial charge on any atom is -0.286 e. The largest absolute Gasteiger partial charge is 0.346 e. The second-order valence-corrected chi connectivity index (χ2v) is 2.83. The molecule has 1 heterocycles. The molecule has 0 bridgehead atoms. The van der Waals surface area contributed by atoms with Gasteiger partial charge in [0.25, 0.3) is 0 Å². The van der Waals surface area contributed by atoms with E-state index in [1.165, 1.54) is 23.5 Å². The summed E-state index contributed by atoms with van der Waals surface area (Å²) in [6.07, 6.45) is 1.64. The Morgan fingerprint density at radius 2 is 2.58 bits per heavy atom. The summed E-state index contributed by atoms with van der Waals surface area (Å²) in [5.41, 5.74) is 2.20. The fourth-order valence-corrected chi connectivity index (χ4v) is 1.19. The number of amides is 2. The Morgan fingerprint density at radius 3 is 3.08 bits per heavy atom. The summed E-state index contributed by atoms with van der Waals surface area (Å²) in [4.78, 5) is 17.0. The minimum absolute atomic E-state index is 0.318. The Balaban J connectivity index is 2.59. The molecule has 2 amide bonds. The second kappa shape index (κ2) is 4.03. The monoisotopic (exact) mass is 187 g/mol. The maximum Gasteiger partial charge on any atom is 0.346 e. The van der Waals surface area contributed by atoms with Crippen LogP contribution in [0.5, 0.6) is 0 Å². The van der Waals surface area contributed by atoms with Gasteiger partial charge in [0.15, 0.2) is 0 Å². The third-order valence-electron chi connectivity index (χ3n) is 1.25. The zero-order valence-corrected chi connectivity index (χ0v) is 7.59. The molecule has 1 N–H and O–H groups in total. The lowest BCUT2D eigenvalue weighted by Gasteiger charge is -2.13. The third-order valence-corrected chi connectivity index (χ3v) is 2.07. The summed E-state index contributed by atoms with van der Waals surface area (Å²) in [7, 11) is 3.03. The number of anilines is 1. The van der Waals surface area contributed by atoms with Crippen LogP contribution < -0.4 is 10.4 Å². The summed E-state index contributed by atoms with van der Waals surface area (Å²) in [5.74, 6) is 0. The van der Waals surface area contributed by atoms with Crippen LogP contribution in [-0.2, 0) is 4.84 Å². The van der Waals surface area contributed by atoms with E-state index in [9.17, 15) is 4.79 Å². The zero-order valence-electron chi connectivity index (χ0n) is 6.77. The van der Waals surface area contributed by atoms with E-state index in [4.69, 9.17) is 0 Å². The van der Waals surface area contributed by atoms with E-state index in [2.05, 4.69) is 14.7 Å². The summed E-state index contributed by atoms with van der Waals surface area (Å²) in [6.45, 7) is 0. The molecule has 0 aliphatic carbocycles. The number of rotatable bonds is 2. The molecule has 6 heteroatoms. The van der Waals surface area contributed by atoms with E-state index in [1.807, 2.05) is 0 Å². The number of hydrogen-bond acceptors (Lipinski definition) is 4. The van der Waals surface area contributed by atoms with Crippen LogP contribution in [-0.4, -0.2) is 24.6 Å². The predicted octanol–water partition coefficient (Wildman–Crippen LogP) is 0.850. The Kier molecular flexibility index (Phi) is 3.01. The van der Waals surface area contributed by atoms with E-state index in [0.717, 1.165) is 5.00 Å². The van der Waals surface area contributed by atoms with Gasteiger partial charge in [-0.15, -0.1) is 0 Å². The van der Waals surface area contributed by atoms with Gasteiger partial charge in [0.1, 0.15) is 5.00 Å². The van der Waals surface area contributed by atoms with Gasteiger partial charge in [-0.25, -0.2) is 10.3 Å². The molecular weight excluding hydrogens is 178 g/mol. The lowest BCUT2D eigenvalue weighted by atomic mass is 10.6. The zero-order chi connectivity index (χ0) is 8.97. The van der Waals surface area contributed by atoms with Crippen molar-refractivity contribution in [2.45, 2.75) is 0 Å². The molecule has 1 aromatic rings. The van der Waals surface area contributed by atoms with E-state index in [1.54, 1.807) is 19.3 Å². The molecular formula is C6H9N3O2S. The summed E-state index contributed by atoms with van der Waals surface area (Å²) < 4.78 is 3.86. The van der Waals surface area contributed by atoms with E-state index >= 15 is 0 Å². The van der Waals surface area contributed by atoms with Crippen LogP contribution in [0.1, 0.15) is 0 Å². The number of carbonyl (C=O) groups excluding carboxylic acids is 1. The lowest BCUT2D eigenvalue weighted by molar-refractivity contribution is 0.111. The van der Waals surface area contributed by atoms with Gasteiger partial charge in [0.2, 0.25) is 0 Å². The molecule has 0 unspecified atom stereocenters. The number of hydroxylamine groups is 1. The molecule has 1 aromatic heterocycles. The van der Waals surface area contributed by atoms with Gasteiger partial charge in [-0.05, 0) is 17.6 Å². The lowest BCUT2D eigenvalue weighted by Crippen LogP contribution is -2.36. The number of nitrogens with zero attached hydrogens (tertiary/aromatic N) is 2. The van der Waals surface area contributed by atoms with Gasteiger partial charge in [-0.1, -0.05) is 0 Å². The van der Waals surface area contributed by atoms with Crippen LogP contribution in [0, 0.1) is 0 Å². The number of hydrogen-bond donors (Lipinski definition) is 1. The molecule has 1 rings (SSSR count). The van der Waals surface area contributed by atoms with Crippen LogP contribution in [0.4, 0.5) is 9.80 Å². The van der Waals surface area contributed by atoms with Gasteiger partial charge >= 0.3 is 6.03 Å². The predicted molar refractivity (Wildman–Crippen MR) is 46.1 cm³/mol. The quantitative estimate of drug-likeness (QED) is 0.698. The van der Waals surface area contributed by atoms with Crippen molar-refractivity contribution in [3.63, 3.8) is 0 Å². The minimum atomic E-state index is -0.318. The molecule has 0 fully saturated rings. The molecule has 12 heavy (non-hydrogen) atoms. The van der Waals surface area contributed by atoms with Crippen LogP contribution in [0.2, 0.25) is 0 Å². The highest BCUT2D eigenvalue weighted by Crippen LogP contribution is 2.16. The van der Waals surface area contributed by atoms with E-state index < -0.39 is 0 Å². The summed E-state index contributed by atoms with van der Waals surface area (Å²) >= 11 is 1.24. The Bertz CT molecular complexity index is 249. The van der Waals surface area contributed by atoms with Crippen LogP contribution >= 0.6 is 11.5 Å². The molecule has 0 atom stereocenters. The number of nitrogens with one attached hydrogen (secondary N) is 1. The van der Waals surface area contributed by atoms with Crippen molar-refractivity contribution in [2.75, 3.05) is 19.1 Å². The first-order chi connectivity index (χ1) is 5.75. The molecule has 0 aliphatic rings. The van der Waals surface area contributed by atoms with Crippen LogP contribution in [0.25, 0.3) is 0 Å². The van der Waals surface area contributed by atoms with Crippen molar-refractivity contribution in [1.29, 1.82) is 0 Å². The fourth-order valence-electron chi connectivity index (χ4n) is 0.638. The average Bonchev–Trinajstić information content (AvgIpc) is 2.55. The maximum atomic E-state index is 11.1.